The zero-order valence-corrected chi connectivity index (χ0v) is 13.9. The van der Waals surface area contributed by atoms with Crippen LogP contribution in [0.2, 0.25) is 0 Å². The average Bonchev–Trinajstić information content (AvgIpc) is 2.23. The lowest BCUT2D eigenvalue weighted by atomic mass is 9.76. The van der Waals surface area contributed by atoms with Crippen molar-refractivity contribution in [2.75, 3.05) is 0 Å². The van der Waals surface area contributed by atoms with Crippen molar-refractivity contribution in [2.45, 2.75) is 62.3 Å². The molecule has 0 aliphatic heterocycles. The average molecular weight is 248 g/mol. The van der Waals surface area contributed by atoms with Gasteiger partial charge in [-0.1, -0.05) is 57.4 Å². The number of rotatable bonds is 3. The minimum atomic E-state index is 0.0664. The summed E-state index contributed by atoms with van der Waals surface area (Å²) in [5, 5.41) is 0. The third-order valence-corrected chi connectivity index (χ3v) is 2.76. The maximum atomic E-state index is 3.26. The van der Waals surface area contributed by atoms with E-state index in [1.54, 1.807) is 0 Å². The molecule has 0 amide bonds. The van der Waals surface area contributed by atoms with Gasteiger partial charge < -0.3 is 0 Å². The molecule has 0 heteroatoms. The minimum Gasteiger partial charge on any atom is -0.106 e. The quantitative estimate of drug-likeness (QED) is 0.433. The Kier molecular flexibility index (Phi) is 10.8. The molecule has 0 aliphatic carbocycles. The van der Waals surface area contributed by atoms with Crippen molar-refractivity contribution in [3.05, 3.63) is 23.8 Å². The van der Waals surface area contributed by atoms with Crippen LogP contribution in [0.1, 0.15) is 62.3 Å². The number of hydrogen-bond acceptors (Lipinski definition) is 0. The van der Waals surface area contributed by atoms with Crippen LogP contribution >= 0.6 is 0 Å². The first-order chi connectivity index (χ1) is 8.18. The molecule has 0 nitrogen and oxygen atoms in total. The van der Waals surface area contributed by atoms with Crippen LogP contribution < -0.4 is 0 Å². The van der Waals surface area contributed by atoms with Crippen LogP contribution in [-0.4, -0.2) is 0 Å². The van der Waals surface area contributed by atoms with Gasteiger partial charge in [0.25, 0.3) is 0 Å². The Labute approximate surface area is 116 Å². The smallest absolute Gasteiger partial charge is 0.0320 e. The van der Waals surface area contributed by atoms with Crippen molar-refractivity contribution in [1.82, 2.24) is 0 Å². The molecule has 0 fully saturated rings. The molecule has 18 heavy (non-hydrogen) atoms. The zero-order chi connectivity index (χ0) is 14.8. The van der Waals surface area contributed by atoms with E-state index < -0.39 is 0 Å². The summed E-state index contributed by atoms with van der Waals surface area (Å²) in [7, 11) is 0. The van der Waals surface area contributed by atoms with E-state index in [2.05, 4.69) is 78.5 Å². The second-order valence-electron chi connectivity index (χ2n) is 5.99. The summed E-state index contributed by atoms with van der Waals surface area (Å²) in [6.07, 6.45) is 6.31. The Morgan fingerprint density at radius 1 is 1.11 bits per heavy atom. The molecule has 0 radical (unpaired) electrons. The summed E-state index contributed by atoms with van der Waals surface area (Å²) >= 11 is 0. The van der Waals surface area contributed by atoms with Crippen LogP contribution in [0.3, 0.4) is 0 Å². The molecule has 0 aromatic carbocycles. The lowest BCUT2D eigenvalue weighted by molar-refractivity contribution is 0.369. The van der Waals surface area contributed by atoms with Crippen molar-refractivity contribution in [1.29, 1.82) is 0 Å². The summed E-state index contributed by atoms with van der Waals surface area (Å²) in [5.41, 5.74) is 1.45. The zero-order valence-electron chi connectivity index (χ0n) is 13.9. The monoisotopic (exact) mass is 248 g/mol. The first-order valence-corrected chi connectivity index (χ1v) is 6.92. The Hall–Kier alpha value is -0.960. The van der Waals surface area contributed by atoms with E-state index >= 15 is 0 Å². The fourth-order valence-corrected chi connectivity index (χ4v) is 1.39. The van der Waals surface area contributed by atoms with Gasteiger partial charge in [-0.25, -0.2) is 0 Å². The van der Waals surface area contributed by atoms with E-state index in [1.165, 1.54) is 5.57 Å². The Bertz CT molecular complexity index is 313. The van der Waals surface area contributed by atoms with Crippen LogP contribution in [0.4, 0.5) is 0 Å². The van der Waals surface area contributed by atoms with E-state index in [4.69, 9.17) is 0 Å². The van der Waals surface area contributed by atoms with Gasteiger partial charge in [0.2, 0.25) is 0 Å². The highest BCUT2D eigenvalue weighted by atomic mass is 14.3. The number of hydrogen-bond donors (Lipinski definition) is 0. The highest BCUT2D eigenvalue weighted by Crippen LogP contribution is 2.31. The van der Waals surface area contributed by atoms with E-state index in [1.807, 2.05) is 13.8 Å². The molecule has 0 aromatic rings. The molecule has 0 aromatic heterocycles. The van der Waals surface area contributed by atoms with Crippen molar-refractivity contribution >= 4 is 0 Å². The van der Waals surface area contributed by atoms with E-state index in [9.17, 15) is 0 Å². The number of allylic oxidation sites excluding steroid dienone is 4. The van der Waals surface area contributed by atoms with Crippen LogP contribution in [0.5, 0.6) is 0 Å². The second-order valence-corrected chi connectivity index (χ2v) is 5.99. The summed E-state index contributed by atoms with van der Waals surface area (Å²) < 4.78 is 0. The molecular formula is C18H32. The van der Waals surface area contributed by atoms with Crippen molar-refractivity contribution < 1.29 is 0 Å². The third-order valence-electron chi connectivity index (χ3n) is 2.76. The fourth-order valence-electron chi connectivity index (χ4n) is 1.39. The lowest BCUT2D eigenvalue weighted by Crippen LogP contribution is -2.20. The highest BCUT2D eigenvalue weighted by molar-refractivity contribution is 5.20. The molecule has 0 heterocycles. The standard InChI is InChI=1S/C14H22.C4H10/c1-7-9-10-12(3)13(4)14(5,6)11-8-2;1-4(2)3/h7,9-10,13H,1-6H3;4H,1-3H3/b9-7-,12-10+;. The van der Waals surface area contributed by atoms with Gasteiger partial charge in [0.1, 0.15) is 0 Å². The summed E-state index contributed by atoms with van der Waals surface area (Å²) in [6.45, 7) is 19.2. The first-order valence-electron chi connectivity index (χ1n) is 6.92. The lowest BCUT2D eigenvalue weighted by Gasteiger charge is -2.27. The summed E-state index contributed by atoms with van der Waals surface area (Å²) in [4.78, 5) is 0. The van der Waals surface area contributed by atoms with Gasteiger partial charge in [0.05, 0.1) is 0 Å². The van der Waals surface area contributed by atoms with Crippen LogP contribution in [0.15, 0.2) is 23.8 Å². The highest BCUT2D eigenvalue weighted by Gasteiger charge is 2.24. The van der Waals surface area contributed by atoms with Gasteiger partial charge in [-0.3, -0.25) is 0 Å². The van der Waals surface area contributed by atoms with Gasteiger partial charge in [0, 0.05) is 5.41 Å². The third kappa shape index (κ3) is 10.2. The molecule has 0 bridgehead atoms. The second kappa shape index (κ2) is 10.0. The SMILES string of the molecule is CC#CC(C)(C)C(C)/C(C)=C/C=C\C.CC(C)C. The molecule has 0 saturated heterocycles. The molecule has 0 spiro atoms. The maximum absolute atomic E-state index is 3.26. The molecule has 0 aliphatic rings. The topological polar surface area (TPSA) is 0 Å². The van der Waals surface area contributed by atoms with Gasteiger partial charge in [-0.2, -0.15) is 0 Å². The van der Waals surface area contributed by atoms with E-state index in [0.717, 1.165) is 5.92 Å². The van der Waals surface area contributed by atoms with Gasteiger partial charge in [0.15, 0.2) is 0 Å². The van der Waals surface area contributed by atoms with E-state index in [0.29, 0.717) is 5.92 Å². The van der Waals surface area contributed by atoms with Crippen LogP contribution in [0.25, 0.3) is 0 Å². The molecule has 0 saturated carbocycles. The largest absolute Gasteiger partial charge is 0.106 e. The molecule has 1 unspecified atom stereocenters. The van der Waals surface area contributed by atoms with Crippen LogP contribution in [0, 0.1) is 29.1 Å². The van der Waals surface area contributed by atoms with Gasteiger partial charge in [-0.05, 0) is 46.5 Å². The van der Waals surface area contributed by atoms with Crippen molar-refractivity contribution in [2.24, 2.45) is 17.3 Å². The normalized spacial score (nSPS) is 13.8. The Balaban J connectivity index is 0. The van der Waals surface area contributed by atoms with E-state index in [-0.39, 0.29) is 5.41 Å². The molecule has 1 atom stereocenters. The molecule has 0 N–H and O–H groups in total. The predicted molar refractivity (Wildman–Crippen MR) is 85.5 cm³/mol. The van der Waals surface area contributed by atoms with Crippen LogP contribution in [-0.2, 0) is 0 Å². The Morgan fingerprint density at radius 2 is 1.56 bits per heavy atom. The summed E-state index contributed by atoms with van der Waals surface area (Å²) in [6, 6.07) is 0. The van der Waals surface area contributed by atoms with Gasteiger partial charge in [-0.15, -0.1) is 5.92 Å². The van der Waals surface area contributed by atoms with Gasteiger partial charge >= 0.3 is 0 Å². The minimum absolute atomic E-state index is 0.0664. The van der Waals surface area contributed by atoms with Crippen molar-refractivity contribution in [3.63, 3.8) is 0 Å². The first kappa shape index (κ1) is 19.4. The predicted octanol–water partition coefficient (Wildman–Crippen LogP) is 5.86. The Morgan fingerprint density at radius 3 is 1.89 bits per heavy atom. The maximum Gasteiger partial charge on any atom is 0.0320 e. The van der Waals surface area contributed by atoms with Crippen molar-refractivity contribution in [3.8, 4) is 11.8 Å². The molecule has 0 rings (SSSR count). The fraction of sp³-hybridized carbons (Fsp3) is 0.667. The molecule has 104 valence electrons. The summed E-state index contributed by atoms with van der Waals surface area (Å²) in [5.74, 6) is 7.59. The molecular weight excluding hydrogens is 216 g/mol.